The van der Waals surface area contributed by atoms with Crippen LogP contribution in [0.15, 0.2) is 54.9 Å². The Morgan fingerprint density at radius 3 is 2.38 bits per heavy atom. The molecule has 110 valence electrons. The molecule has 0 aliphatic rings. The van der Waals surface area contributed by atoms with Gasteiger partial charge in [-0.15, -0.1) is 21.8 Å². The molecule has 0 aliphatic carbocycles. The van der Waals surface area contributed by atoms with Crippen LogP contribution < -0.4 is 23.0 Å². The molecule has 0 saturated heterocycles. The summed E-state index contributed by atoms with van der Waals surface area (Å²) in [5.74, 6) is 0.556. The van der Waals surface area contributed by atoms with Crippen molar-refractivity contribution in [3.63, 3.8) is 0 Å². The standard InChI is InChI=1S/C14H11ClN.ClHO4/c15-9-11-4-3-5-12-10-16-7-2-1-6-13(16)8-14(11)12;2-1(3,4)5/h1-8,10H,9H2;(H,2,3,4,5)/q+1;/p-1. The molecule has 0 saturated carbocycles. The van der Waals surface area contributed by atoms with E-state index in [1.807, 2.05) is 12.1 Å². The predicted octanol–water partition coefficient (Wildman–Crippen LogP) is -1.44. The van der Waals surface area contributed by atoms with Gasteiger partial charge in [0.2, 0.25) is 5.52 Å². The van der Waals surface area contributed by atoms with Gasteiger partial charge in [0.1, 0.15) is 0 Å². The molecule has 3 rings (SSSR count). The number of hydrogen-bond acceptors (Lipinski definition) is 4. The number of aromatic nitrogens is 1. The molecule has 0 aliphatic heterocycles. The molecule has 0 fully saturated rings. The molecule has 0 unspecified atom stereocenters. The van der Waals surface area contributed by atoms with Crippen molar-refractivity contribution in [3.8, 4) is 0 Å². The molecule has 0 spiro atoms. The van der Waals surface area contributed by atoms with Crippen LogP contribution in [0.25, 0.3) is 16.3 Å². The monoisotopic (exact) mass is 327 g/mol. The van der Waals surface area contributed by atoms with Gasteiger partial charge in [0.05, 0.1) is 0 Å². The Morgan fingerprint density at radius 1 is 1.00 bits per heavy atom. The fourth-order valence-electron chi connectivity index (χ4n) is 2.04. The highest BCUT2D eigenvalue weighted by Crippen LogP contribution is 2.20. The second-order valence-electron chi connectivity index (χ2n) is 4.24. The average Bonchev–Trinajstić information content (AvgIpc) is 2.42. The Labute approximate surface area is 128 Å². The summed E-state index contributed by atoms with van der Waals surface area (Å²) in [5.41, 5.74) is 2.37. The lowest BCUT2D eigenvalue weighted by Gasteiger charge is -2.17. The third kappa shape index (κ3) is 4.50. The molecule has 5 nitrogen and oxygen atoms in total. The molecular weight excluding hydrogens is 317 g/mol. The first kappa shape index (κ1) is 15.9. The smallest absolute Gasteiger partial charge is 0.211 e. The highest BCUT2D eigenvalue weighted by atomic mass is 35.7. The van der Waals surface area contributed by atoms with Gasteiger partial charge in [0, 0.05) is 29.5 Å². The maximum atomic E-state index is 8.49. The van der Waals surface area contributed by atoms with Crippen LogP contribution in [-0.4, -0.2) is 0 Å². The fraction of sp³-hybridized carbons (Fsp3) is 0.0714. The van der Waals surface area contributed by atoms with Crippen LogP contribution in [-0.2, 0) is 5.88 Å². The Balaban J connectivity index is 0.000000282. The first-order chi connectivity index (χ1) is 9.88. The Hall–Kier alpha value is -1.47. The van der Waals surface area contributed by atoms with E-state index in [4.69, 9.17) is 30.2 Å². The number of nitrogens with zero attached hydrogens (tertiary/aromatic N) is 1. The summed E-state index contributed by atoms with van der Waals surface area (Å²) in [6, 6.07) is 14.6. The van der Waals surface area contributed by atoms with E-state index in [1.165, 1.54) is 21.9 Å². The predicted molar refractivity (Wildman–Crippen MR) is 66.7 cm³/mol. The summed E-state index contributed by atoms with van der Waals surface area (Å²) in [7, 11) is -4.94. The fourth-order valence-corrected chi connectivity index (χ4v) is 2.28. The van der Waals surface area contributed by atoms with Crippen LogP contribution in [0, 0.1) is 10.2 Å². The lowest BCUT2D eigenvalue weighted by Crippen LogP contribution is -2.68. The molecule has 7 heteroatoms. The van der Waals surface area contributed by atoms with E-state index in [1.54, 1.807) is 0 Å². The van der Waals surface area contributed by atoms with E-state index in [9.17, 15) is 0 Å². The summed E-state index contributed by atoms with van der Waals surface area (Å²) in [6.45, 7) is 0. The molecule has 0 radical (unpaired) electrons. The SMILES string of the molecule is ClCc1cccc2c[n+]3ccccc3cc12.[O-][Cl+3]([O-])([O-])[O-]. The number of pyridine rings is 2. The Kier molecular flexibility index (Phi) is 4.95. The minimum absolute atomic E-state index is 0.556. The van der Waals surface area contributed by atoms with Crippen molar-refractivity contribution in [2.24, 2.45) is 0 Å². The van der Waals surface area contributed by atoms with Crippen molar-refractivity contribution in [2.75, 3.05) is 0 Å². The lowest BCUT2D eigenvalue weighted by atomic mass is 10.1. The summed E-state index contributed by atoms with van der Waals surface area (Å²) in [6.07, 6.45) is 4.20. The number of benzene rings is 1. The van der Waals surface area contributed by atoms with Gasteiger partial charge in [-0.1, -0.05) is 12.1 Å². The second-order valence-corrected chi connectivity index (χ2v) is 5.26. The maximum absolute atomic E-state index is 8.49. The third-order valence-corrected chi connectivity index (χ3v) is 3.16. The first-order valence-corrected chi connectivity index (χ1v) is 7.65. The molecular formula is C14H11Cl2NO4. The molecule has 0 N–H and O–H groups in total. The summed E-state index contributed by atoms with van der Waals surface area (Å²) in [4.78, 5) is 0. The zero-order valence-electron chi connectivity index (χ0n) is 10.7. The van der Waals surface area contributed by atoms with Gasteiger partial charge in [-0.25, -0.2) is 18.6 Å². The van der Waals surface area contributed by atoms with Gasteiger partial charge in [-0.05, 0) is 23.1 Å². The van der Waals surface area contributed by atoms with Gasteiger partial charge in [-0.2, -0.15) is 4.40 Å². The number of hydrogen-bond donors (Lipinski definition) is 0. The van der Waals surface area contributed by atoms with Gasteiger partial charge >= 0.3 is 0 Å². The van der Waals surface area contributed by atoms with Gasteiger partial charge in [0.25, 0.3) is 0 Å². The molecule has 1 aromatic carbocycles. The Morgan fingerprint density at radius 2 is 1.71 bits per heavy atom. The zero-order valence-corrected chi connectivity index (χ0v) is 12.3. The van der Waals surface area contributed by atoms with Crippen molar-refractivity contribution >= 4 is 27.9 Å². The van der Waals surface area contributed by atoms with Crippen molar-refractivity contribution in [3.05, 3.63) is 60.4 Å². The lowest BCUT2D eigenvalue weighted by molar-refractivity contribution is -2.00. The number of alkyl halides is 1. The highest BCUT2D eigenvalue weighted by Gasteiger charge is 2.06. The van der Waals surface area contributed by atoms with E-state index in [0.717, 1.165) is 0 Å². The van der Waals surface area contributed by atoms with Crippen molar-refractivity contribution in [1.82, 2.24) is 0 Å². The van der Waals surface area contributed by atoms with Crippen molar-refractivity contribution < 1.29 is 33.3 Å². The molecule has 21 heavy (non-hydrogen) atoms. The topological polar surface area (TPSA) is 96.3 Å². The van der Waals surface area contributed by atoms with E-state index >= 15 is 0 Å². The third-order valence-electron chi connectivity index (χ3n) is 2.87. The van der Waals surface area contributed by atoms with Gasteiger partial charge in [-0.3, -0.25) is 0 Å². The molecule has 0 bridgehead atoms. The largest absolute Gasteiger partial charge is 0.222 e. The van der Waals surface area contributed by atoms with Crippen LogP contribution in [0.4, 0.5) is 0 Å². The molecule has 0 atom stereocenters. The van der Waals surface area contributed by atoms with E-state index in [2.05, 4.69) is 47.1 Å². The molecule has 3 aromatic rings. The highest BCUT2D eigenvalue weighted by molar-refractivity contribution is 6.18. The minimum atomic E-state index is -4.94. The van der Waals surface area contributed by atoms with E-state index in [0.29, 0.717) is 5.88 Å². The van der Waals surface area contributed by atoms with Gasteiger partial charge in [0.15, 0.2) is 12.4 Å². The molecule has 2 aromatic heterocycles. The van der Waals surface area contributed by atoms with Crippen LogP contribution in [0.5, 0.6) is 0 Å². The minimum Gasteiger partial charge on any atom is -0.222 e. The van der Waals surface area contributed by atoms with Crippen LogP contribution in [0.3, 0.4) is 0 Å². The van der Waals surface area contributed by atoms with Crippen LogP contribution >= 0.6 is 11.6 Å². The van der Waals surface area contributed by atoms with Gasteiger partial charge < -0.3 is 0 Å². The Bertz CT molecular complexity index is 753. The maximum Gasteiger partial charge on any atom is 0.211 e. The van der Waals surface area contributed by atoms with Crippen molar-refractivity contribution in [1.29, 1.82) is 0 Å². The van der Waals surface area contributed by atoms with E-state index in [-0.39, 0.29) is 0 Å². The van der Waals surface area contributed by atoms with E-state index < -0.39 is 10.2 Å². The zero-order chi connectivity index (χ0) is 15.5. The number of rotatable bonds is 1. The summed E-state index contributed by atoms with van der Waals surface area (Å²) >= 11 is 5.95. The molecule has 2 heterocycles. The first-order valence-electron chi connectivity index (χ1n) is 5.88. The summed E-state index contributed by atoms with van der Waals surface area (Å²) in [5, 5.41) is 2.46. The average molecular weight is 328 g/mol. The second kappa shape index (κ2) is 6.53. The quantitative estimate of drug-likeness (QED) is 0.310. The molecule has 0 amide bonds. The normalized spacial score (nSPS) is 11.3. The summed E-state index contributed by atoms with van der Waals surface area (Å²) < 4.78 is 36.1. The van der Waals surface area contributed by atoms with Crippen molar-refractivity contribution in [2.45, 2.75) is 5.88 Å². The van der Waals surface area contributed by atoms with Crippen LogP contribution in [0.2, 0.25) is 0 Å². The van der Waals surface area contributed by atoms with Crippen LogP contribution in [0.1, 0.15) is 5.56 Å². The number of fused-ring (bicyclic) bond motifs is 2. The number of halogens is 2.